The van der Waals surface area contributed by atoms with Crippen molar-refractivity contribution in [3.63, 3.8) is 0 Å². The summed E-state index contributed by atoms with van der Waals surface area (Å²) in [7, 11) is 1.30. The summed E-state index contributed by atoms with van der Waals surface area (Å²) in [5, 5.41) is 11.2. The van der Waals surface area contributed by atoms with Crippen LogP contribution in [0.25, 0.3) is 0 Å². The van der Waals surface area contributed by atoms with E-state index in [1.165, 1.54) is 19.2 Å². The summed E-state index contributed by atoms with van der Waals surface area (Å²) in [6.45, 7) is 0. The molecule has 0 bridgehead atoms. The number of hydrogen-bond donors (Lipinski definition) is 2. The van der Waals surface area contributed by atoms with Crippen molar-refractivity contribution in [1.82, 2.24) is 5.32 Å². The lowest BCUT2D eigenvalue weighted by atomic mass is 10.2. The highest BCUT2D eigenvalue weighted by Crippen LogP contribution is 2.26. The lowest BCUT2D eigenvalue weighted by Crippen LogP contribution is -2.26. The Labute approximate surface area is 113 Å². The van der Waals surface area contributed by atoms with E-state index >= 15 is 0 Å². The number of carbonyl (C=O) groups excluding carboxylic acids is 2. The molecule has 1 aromatic rings. The Kier molecular flexibility index (Phi) is 4.06. The number of aromatic hydroxyl groups is 1. The van der Waals surface area contributed by atoms with Crippen LogP contribution in [0.2, 0.25) is 0 Å². The van der Waals surface area contributed by atoms with Gasteiger partial charge in [0.1, 0.15) is 11.6 Å². The highest BCUT2D eigenvalue weighted by molar-refractivity contribution is 8.15. The van der Waals surface area contributed by atoms with Gasteiger partial charge in [-0.25, -0.2) is 4.99 Å². The zero-order chi connectivity index (χ0) is 13.8. The van der Waals surface area contributed by atoms with E-state index in [9.17, 15) is 14.7 Å². The Morgan fingerprint density at radius 2 is 2.16 bits per heavy atom. The molecule has 0 spiro atoms. The fraction of sp³-hybridized carbons (Fsp3) is 0.250. The zero-order valence-electron chi connectivity index (χ0n) is 10.1. The maximum atomic E-state index is 11.4. The smallest absolute Gasteiger partial charge is 0.307 e. The summed E-state index contributed by atoms with van der Waals surface area (Å²) < 4.78 is 4.58. The maximum absolute atomic E-state index is 11.4. The molecule has 0 unspecified atom stereocenters. The van der Waals surface area contributed by atoms with Gasteiger partial charge in [-0.15, -0.1) is 0 Å². The first-order valence-corrected chi connectivity index (χ1v) is 6.38. The van der Waals surface area contributed by atoms with Crippen molar-refractivity contribution in [1.29, 1.82) is 0 Å². The van der Waals surface area contributed by atoms with Gasteiger partial charge in [-0.1, -0.05) is 11.8 Å². The number of nitrogens with one attached hydrogen (secondary N) is 1. The minimum atomic E-state index is -0.396. The summed E-state index contributed by atoms with van der Waals surface area (Å²) in [5.74, 6) is 0.165. The van der Waals surface area contributed by atoms with Gasteiger partial charge >= 0.3 is 5.97 Å². The second-order valence-corrected chi connectivity index (χ2v) is 4.99. The molecule has 1 saturated heterocycles. The highest BCUT2D eigenvalue weighted by Gasteiger charge is 2.31. The molecule has 19 heavy (non-hydrogen) atoms. The third-order valence-corrected chi connectivity index (χ3v) is 3.45. The SMILES string of the molecule is COC(=O)C[C@@H]1SC(=O)NC1=Nc1ccc(O)cc1. The Hall–Kier alpha value is -2.02. The number of thioether (sulfide) groups is 1. The number of phenols is 1. The lowest BCUT2D eigenvalue weighted by molar-refractivity contribution is -0.140. The molecule has 1 aliphatic rings. The molecule has 1 atom stereocenters. The van der Waals surface area contributed by atoms with Crippen LogP contribution in [0.15, 0.2) is 29.3 Å². The van der Waals surface area contributed by atoms with Crippen molar-refractivity contribution in [3.05, 3.63) is 24.3 Å². The monoisotopic (exact) mass is 280 g/mol. The molecule has 2 N–H and O–H groups in total. The summed E-state index contributed by atoms with van der Waals surface area (Å²) in [4.78, 5) is 26.9. The minimum Gasteiger partial charge on any atom is -0.508 e. The third kappa shape index (κ3) is 3.47. The van der Waals surface area contributed by atoms with Crippen LogP contribution in [-0.2, 0) is 9.53 Å². The largest absolute Gasteiger partial charge is 0.508 e. The van der Waals surface area contributed by atoms with E-state index in [-0.39, 0.29) is 22.7 Å². The average molecular weight is 280 g/mol. The molecule has 0 aliphatic carbocycles. The first-order valence-electron chi connectivity index (χ1n) is 5.50. The third-order valence-electron chi connectivity index (χ3n) is 2.46. The Morgan fingerprint density at radius 1 is 1.47 bits per heavy atom. The normalized spacial score (nSPS) is 20.4. The number of aliphatic imine (C=N–C) groups is 1. The van der Waals surface area contributed by atoms with Gasteiger partial charge in [-0.2, -0.15) is 0 Å². The zero-order valence-corrected chi connectivity index (χ0v) is 10.9. The number of amidine groups is 1. The highest BCUT2D eigenvalue weighted by atomic mass is 32.2. The molecule has 100 valence electrons. The van der Waals surface area contributed by atoms with Crippen LogP contribution in [0.1, 0.15) is 6.42 Å². The molecule has 2 rings (SSSR count). The van der Waals surface area contributed by atoms with Gasteiger partial charge in [0.15, 0.2) is 0 Å². The number of nitrogens with zero attached hydrogens (tertiary/aromatic N) is 1. The van der Waals surface area contributed by atoms with Crippen LogP contribution in [0.5, 0.6) is 5.75 Å². The Bertz CT molecular complexity index is 527. The van der Waals surface area contributed by atoms with E-state index in [0.717, 1.165) is 11.8 Å². The van der Waals surface area contributed by atoms with Gasteiger partial charge < -0.3 is 15.2 Å². The summed E-state index contributed by atoms with van der Waals surface area (Å²) >= 11 is 1.01. The average Bonchev–Trinajstić information content (AvgIpc) is 2.72. The van der Waals surface area contributed by atoms with Crippen molar-refractivity contribution >= 4 is 34.5 Å². The standard InChI is InChI=1S/C12H12N2O4S/c1-18-10(16)6-9-11(14-12(17)19-9)13-7-2-4-8(15)5-3-7/h2-5,9,15H,6H2,1H3,(H,13,14,17)/t9-/m0/s1. The number of ether oxygens (including phenoxy) is 1. The van der Waals surface area contributed by atoms with Crippen LogP contribution in [0, 0.1) is 0 Å². The number of methoxy groups -OCH3 is 1. The molecule has 1 heterocycles. The predicted octanol–water partition coefficient (Wildman–Crippen LogP) is 1.81. The van der Waals surface area contributed by atoms with E-state index in [2.05, 4.69) is 15.0 Å². The van der Waals surface area contributed by atoms with Crippen molar-refractivity contribution in [3.8, 4) is 5.75 Å². The van der Waals surface area contributed by atoms with Gasteiger partial charge in [0.25, 0.3) is 5.24 Å². The molecule has 0 aromatic heterocycles. The van der Waals surface area contributed by atoms with Crippen molar-refractivity contribution in [2.75, 3.05) is 7.11 Å². The van der Waals surface area contributed by atoms with E-state index < -0.39 is 5.97 Å². The van der Waals surface area contributed by atoms with Crippen LogP contribution >= 0.6 is 11.8 Å². The second kappa shape index (κ2) is 5.75. The van der Waals surface area contributed by atoms with Crippen LogP contribution in [-0.4, -0.2) is 34.5 Å². The summed E-state index contributed by atoms with van der Waals surface area (Å²) in [6.07, 6.45) is 0.0802. The molecular formula is C12H12N2O4S. The number of amides is 1. The number of rotatable bonds is 3. The molecule has 7 heteroatoms. The van der Waals surface area contributed by atoms with Crippen LogP contribution in [0.3, 0.4) is 0 Å². The van der Waals surface area contributed by atoms with Crippen molar-refractivity contribution in [2.45, 2.75) is 11.7 Å². The summed E-state index contributed by atoms with van der Waals surface area (Å²) in [6, 6.07) is 6.23. The minimum absolute atomic E-state index is 0.0802. The van der Waals surface area contributed by atoms with Crippen molar-refractivity contribution in [2.24, 2.45) is 4.99 Å². The van der Waals surface area contributed by atoms with Crippen molar-refractivity contribution < 1.29 is 19.4 Å². The van der Waals surface area contributed by atoms with Crippen LogP contribution < -0.4 is 5.32 Å². The second-order valence-electron chi connectivity index (χ2n) is 3.81. The predicted molar refractivity (Wildman–Crippen MR) is 71.7 cm³/mol. The molecule has 0 saturated carbocycles. The molecular weight excluding hydrogens is 268 g/mol. The molecule has 1 aliphatic heterocycles. The maximum Gasteiger partial charge on any atom is 0.307 e. The number of esters is 1. The van der Waals surface area contributed by atoms with E-state index in [1.54, 1.807) is 12.1 Å². The topological polar surface area (TPSA) is 88.0 Å². The lowest BCUT2D eigenvalue weighted by Gasteiger charge is -2.06. The van der Waals surface area contributed by atoms with Gasteiger partial charge in [0, 0.05) is 0 Å². The Balaban J connectivity index is 2.18. The van der Waals surface area contributed by atoms with Gasteiger partial charge in [-0.3, -0.25) is 9.59 Å². The molecule has 0 radical (unpaired) electrons. The number of carbonyl (C=O) groups is 2. The first kappa shape index (κ1) is 13.4. The quantitative estimate of drug-likeness (QED) is 0.824. The van der Waals surface area contributed by atoms with Gasteiger partial charge in [0.05, 0.1) is 24.5 Å². The fourth-order valence-electron chi connectivity index (χ4n) is 1.54. The van der Waals surface area contributed by atoms with Gasteiger partial charge in [0.2, 0.25) is 0 Å². The molecule has 1 fully saturated rings. The van der Waals surface area contributed by atoms with Gasteiger partial charge in [-0.05, 0) is 24.3 Å². The molecule has 6 nitrogen and oxygen atoms in total. The first-order chi connectivity index (χ1) is 9.08. The Morgan fingerprint density at radius 3 is 2.79 bits per heavy atom. The molecule has 1 amide bonds. The number of phenolic OH excluding ortho intramolecular Hbond substituents is 1. The van der Waals surface area contributed by atoms with E-state index in [0.29, 0.717) is 11.5 Å². The number of benzene rings is 1. The fourth-order valence-corrected chi connectivity index (χ4v) is 2.40. The van der Waals surface area contributed by atoms with E-state index in [1.807, 2.05) is 0 Å². The number of hydrogen-bond acceptors (Lipinski definition) is 6. The van der Waals surface area contributed by atoms with E-state index in [4.69, 9.17) is 0 Å². The molecule has 1 aromatic carbocycles. The summed E-state index contributed by atoms with van der Waals surface area (Å²) in [5.41, 5.74) is 0.588. The van der Waals surface area contributed by atoms with Crippen LogP contribution in [0.4, 0.5) is 10.5 Å².